The van der Waals surface area contributed by atoms with Gasteiger partial charge in [0.1, 0.15) is 0 Å². The van der Waals surface area contributed by atoms with Gasteiger partial charge in [-0.3, -0.25) is 9.67 Å². The highest BCUT2D eigenvalue weighted by Gasteiger charge is 2.12. The Morgan fingerprint density at radius 2 is 2.22 bits per heavy atom. The van der Waals surface area contributed by atoms with E-state index in [2.05, 4.69) is 41.9 Å². The molecule has 0 aromatic carbocycles. The van der Waals surface area contributed by atoms with Crippen molar-refractivity contribution in [3.05, 3.63) is 44.9 Å². The van der Waals surface area contributed by atoms with Crippen LogP contribution in [0.3, 0.4) is 0 Å². The number of aromatic nitrogens is 3. The molecule has 0 radical (unpaired) electrons. The number of nitrogens with zero attached hydrogens (tertiary/aromatic N) is 3. The van der Waals surface area contributed by atoms with E-state index >= 15 is 0 Å². The maximum Gasteiger partial charge on any atom is 0.0713 e. The number of hydrogen-bond donors (Lipinski definition) is 1. The topological polar surface area (TPSA) is 56.7 Å². The number of nitrogens with two attached hydrogens (primary N) is 1. The number of halogens is 2. The van der Waals surface area contributed by atoms with Crippen LogP contribution >= 0.6 is 31.9 Å². The smallest absolute Gasteiger partial charge is 0.0713 e. The molecule has 4 nitrogen and oxygen atoms in total. The van der Waals surface area contributed by atoms with Crippen molar-refractivity contribution >= 4 is 31.9 Å². The second kappa shape index (κ2) is 5.95. The van der Waals surface area contributed by atoms with Crippen molar-refractivity contribution < 1.29 is 0 Å². The van der Waals surface area contributed by atoms with Gasteiger partial charge in [-0.15, -0.1) is 0 Å². The third-order valence-electron chi connectivity index (χ3n) is 2.82. The molecule has 0 bridgehead atoms. The van der Waals surface area contributed by atoms with Gasteiger partial charge < -0.3 is 5.73 Å². The van der Waals surface area contributed by atoms with Crippen LogP contribution in [-0.2, 0) is 13.5 Å². The van der Waals surface area contributed by atoms with Crippen molar-refractivity contribution in [1.29, 1.82) is 0 Å². The molecule has 0 fully saturated rings. The number of pyridine rings is 1. The molecule has 0 spiro atoms. The summed E-state index contributed by atoms with van der Waals surface area (Å²) in [5.41, 5.74) is 8.24. The summed E-state index contributed by atoms with van der Waals surface area (Å²) in [4.78, 5) is 4.36. The van der Waals surface area contributed by atoms with Crippen molar-refractivity contribution in [1.82, 2.24) is 14.8 Å². The molecule has 2 aromatic rings. The summed E-state index contributed by atoms with van der Waals surface area (Å²) in [7, 11) is 1.94. The van der Waals surface area contributed by atoms with Crippen molar-refractivity contribution in [2.24, 2.45) is 12.8 Å². The molecule has 0 aliphatic rings. The molecule has 0 saturated carbocycles. The predicted octanol–water partition coefficient (Wildman–Crippen LogP) is 2.97. The van der Waals surface area contributed by atoms with Gasteiger partial charge in [0.2, 0.25) is 0 Å². The minimum absolute atomic E-state index is 0.0811. The Labute approximate surface area is 123 Å². The quantitative estimate of drug-likeness (QED) is 0.896. The summed E-state index contributed by atoms with van der Waals surface area (Å²) in [6.07, 6.45) is 5.30. The van der Waals surface area contributed by atoms with Crippen LogP contribution in [0.15, 0.2) is 33.5 Å². The molecule has 2 heterocycles. The van der Waals surface area contributed by atoms with E-state index < -0.39 is 0 Å². The molecule has 2 aromatic heterocycles. The zero-order valence-corrected chi connectivity index (χ0v) is 13.1. The summed E-state index contributed by atoms with van der Waals surface area (Å²) >= 11 is 6.87. The van der Waals surface area contributed by atoms with Gasteiger partial charge >= 0.3 is 0 Å². The van der Waals surface area contributed by atoms with Gasteiger partial charge in [-0.2, -0.15) is 5.10 Å². The molecule has 96 valence electrons. The van der Waals surface area contributed by atoms with E-state index in [-0.39, 0.29) is 6.04 Å². The van der Waals surface area contributed by atoms with Gasteiger partial charge in [0.25, 0.3) is 0 Å². The average Bonchev–Trinajstić information content (AvgIpc) is 2.72. The number of aryl methyl sites for hydroxylation is 2. The largest absolute Gasteiger partial charge is 0.323 e. The Balaban J connectivity index is 2.03. The van der Waals surface area contributed by atoms with Crippen LogP contribution in [0.1, 0.15) is 23.9 Å². The van der Waals surface area contributed by atoms with E-state index in [1.807, 2.05) is 23.9 Å². The molecule has 1 unspecified atom stereocenters. The van der Waals surface area contributed by atoms with Gasteiger partial charge in [0, 0.05) is 40.1 Å². The third kappa shape index (κ3) is 3.18. The van der Waals surface area contributed by atoms with Gasteiger partial charge in [0.05, 0.1) is 5.69 Å². The maximum atomic E-state index is 6.18. The van der Waals surface area contributed by atoms with E-state index in [0.717, 1.165) is 27.5 Å². The summed E-state index contributed by atoms with van der Waals surface area (Å²) in [6, 6.07) is 3.89. The number of hydrogen-bond acceptors (Lipinski definition) is 3. The zero-order chi connectivity index (χ0) is 13.1. The van der Waals surface area contributed by atoms with Crippen LogP contribution < -0.4 is 5.73 Å². The Morgan fingerprint density at radius 1 is 1.44 bits per heavy atom. The summed E-state index contributed by atoms with van der Waals surface area (Å²) < 4.78 is 3.75. The van der Waals surface area contributed by atoms with E-state index in [0.29, 0.717) is 0 Å². The first-order valence-corrected chi connectivity index (χ1v) is 7.20. The lowest BCUT2D eigenvalue weighted by molar-refractivity contribution is 0.600. The molecule has 1 atom stereocenters. The maximum absolute atomic E-state index is 6.18. The van der Waals surface area contributed by atoms with E-state index in [1.54, 1.807) is 12.4 Å². The lowest BCUT2D eigenvalue weighted by Gasteiger charge is -2.13. The molecule has 0 aliphatic heterocycles. The summed E-state index contributed by atoms with van der Waals surface area (Å²) in [5, 5.41) is 4.14. The van der Waals surface area contributed by atoms with E-state index in [9.17, 15) is 0 Å². The van der Waals surface area contributed by atoms with Crippen LogP contribution in [0.25, 0.3) is 0 Å². The zero-order valence-electron chi connectivity index (χ0n) is 9.98. The van der Waals surface area contributed by atoms with Crippen LogP contribution in [0.5, 0.6) is 0 Å². The SMILES string of the molecule is Cn1nccc1CCC(N)c1ncc(Br)cc1Br. The van der Waals surface area contributed by atoms with Crippen LogP contribution in [0.4, 0.5) is 0 Å². The normalized spacial score (nSPS) is 12.7. The van der Waals surface area contributed by atoms with E-state index in [4.69, 9.17) is 5.73 Å². The molecule has 0 saturated heterocycles. The molecule has 6 heteroatoms. The lowest BCUT2D eigenvalue weighted by Crippen LogP contribution is -2.14. The van der Waals surface area contributed by atoms with E-state index in [1.165, 1.54) is 5.69 Å². The second-order valence-corrected chi connectivity index (χ2v) is 5.88. The highest BCUT2D eigenvalue weighted by atomic mass is 79.9. The highest BCUT2D eigenvalue weighted by molar-refractivity contribution is 9.11. The standard InChI is InChI=1S/C12H14Br2N4/c1-18-9(4-5-17-18)2-3-11(15)12-10(14)6-8(13)7-16-12/h4-7,11H,2-3,15H2,1H3. The highest BCUT2D eigenvalue weighted by Crippen LogP contribution is 2.25. The molecule has 0 aliphatic carbocycles. The predicted molar refractivity (Wildman–Crippen MR) is 78.1 cm³/mol. The van der Waals surface area contributed by atoms with Crippen LogP contribution in [0.2, 0.25) is 0 Å². The first-order valence-electron chi connectivity index (χ1n) is 5.61. The average molecular weight is 374 g/mol. The molecule has 0 amide bonds. The fourth-order valence-electron chi connectivity index (χ4n) is 1.78. The van der Waals surface area contributed by atoms with Gasteiger partial charge in [-0.25, -0.2) is 0 Å². The molecule has 2 rings (SSSR count). The Morgan fingerprint density at radius 3 is 2.83 bits per heavy atom. The first-order chi connectivity index (χ1) is 8.58. The fourth-order valence-corrected chi connectivity index (χ4v) is 3.07. The molecular formula is C12H14Br2N4. The molecule has 18 heavy (non-hydrogen) atoms. The number of rotatable bonds is 4. The van der Waals surface area contributed by atoms with Gasteiger partial charge in [-0.1, -0.05) is 0 Å². The third-order valence-corrected chi connectivity index (χ3v) is 3.89. The Kier molecular flexibility index (Phi) is 4.53. The Hall–Kier alpha value is -0.720. The van der Waals surface area contributed by atoms with Crippen molar-refractivity contribution in [3.63, 3.8) is 0 Å². The minimum atomic E-state index is -0.0811. The van der Waals surface area contributed by atoms with Gasteiger partial charge in [-0.05, 0) is 56.8 Å². The van der Waals surface area contributed by atoms with Gasteiger partial charge in [0.15, 0.2) is 0 Å². The van der Waals surface area contributed by atoms with Crippen LogP contribution in [-0.4, -0.2) is 14.8 Å². The minimum Gasteiger partial charge on any atom is -0.323 e. The summed E-state index contributed by atoms with van der Waals surface area (Å²) in [5.74, 6) is 0. The van der Waals surface area contributed by atoms with Crippen molar-refractivity contribution in [2.75, 3.05) is 0 Å². The molecular weight excluding hydrogens is 360 g/mol. The summed E-state index contributed by atoms with van der Waals surface area (Å²) in [6.45, 7) is 0. The monoisotopic (exact) mass is 372 g/mol. The van der Waals surface area contributed by atoms with Crippen molar-refractivity contribution in [3.8, 4) is 0 Å². The molecule has 2 N–H and O–H groups in total. The lowest BCUT2D eigenvalue weighted by atomic mass is 10.1. The van der Waals surface area contributed by atoms with Crippen LogP contribution in [0, 0.1) is 0 Å². The fraction of sp³-hybridized carbons (Fsp3) is 0.333. The van der Waals surface area contributed by atoms with Crippen molar-refractivity contribution in [2.45, 2.75) is 18.9 Å². The first kappa shape index (κ1) is 13.7. The second-order valence-electron chi connectivity index (χ2n) is 4.11. The Bertz CT molecular complexity index is 539.